The van der Waals surface area contributed by atoms with Crippen molar-refractivity contribution in [3.05, 3.63) is 60.2 Å². The number of rotatable bonds is 5. The molecule has 2 nitrogen and oxygen atoms in total. The van der Waals surface area contributed by atoms with Crippen LogP contribution in [0.3, 0.4) is 0 Å². The van der Waals surface area contributed by atoms with E-state index in [9.17, 15) is 5.11 Å². The van der Waals surface area contributed by atoms with Crippen LogP contribution >= 0.6 is 0 Å². The normalized spacial score (nSPS) is 16.4. The van der Waals surface area contributed by atoms with E-state index >= 15 is 0 Å². The minimum absolute atomic E-state index is 0.398. The molecule has 1 saturated carbocycles. The van der Waals surface area contributed by atoms with Crippen molar-refractivity contribution in [2.24, 2.45) is 0 Å². The van der Waals surface area contributed by atoms with E-state index in [1.165, 1.54) is 24.0 Å². The summed E-state index contributed by atoms with van der Waals surface area (Å²) in [5, 5.41) is 10.3. The van der Waals surface area contributed by atoms with Gasteiger partial charge in [-0.3, -0.25) is 0 Å². The molecule has 0 aromatic heterocycles. The molecular weight excluding hydrogens is 246 g/mol. The zero-order valence-electron chi connectivity index (χ0n) is 11.9. The van der Waals surface area contributed by atoms with Crippen LogP contribution in [0.5, 0.6) is 0 Å². The summed E-state index contributed by atoms with van der Waals surface area (Å²) in [5.41, 5.74) is 3.40. The Labute approximate surface area is 120 Å². The van der Waals surface area contributed by atoms with Gasteiger partial charge in [-0.25, -0.2) is 0 Å². The quantitative estimate of drug-likeness (QED) is 0.896. The van der Waals surface area contributed by atoms with E-state index < -0.39 is 6.10 Å². The molecule has 0 radical (unpaired) electrons. The first kappa shape index (κ1) is 13.3. The summed E-state index contributed by atoms with van der Waals surface area (Å²) < 4.78 is 0. The summed E-state index contributed by atoms with van der Waals surface area (Å²) in [4.78, 5) is 2.26. The highest BCUT2D eigenvalue weighted by Gasteiger charge is 2.27. The fourth-order valence-electron chi connectivity index (χ4n) is 2.57. The van der Waals surface area contributed by atoms with Gasteiger partial charge in [0.1, 0.15) is 0 Å². The molecule has 1 fully saturated rings. The van der Waals surface area contributed by atoms with Crippen LogP contribution < -0.4 is 0 Å². The van der Waals surface area contributed by atoms with E-state index in [0.29, 0.717) is 6.04 Å². The fourth-order valence-corrected chi connectivity index (χ4v) is 2.57. The molecular formula is C18H21NO. The Morgan fingerprint density at radius 2 is 1.60 bits per heavy atom. The van der Waals surface area contributed by atoms with Crippen molar-refractivity contribution in [3.8, 4) is 11.1 Å². The molecule has 1 aliphatic rings. The van der Waals surface area contributed by atoms with Crippen molar-refractivity contribution in [2.75, 3.05) is 13.6 Å². The summed E-state index contributed by atoms with van der Waals surface area (Å²) in [6.07, 6.45) is 2.15. The molecule has 0 saturated heterocycles. The Morgan fingerprint density at radius 1 is 1.00 bits per heavy atom. The Bertz CT molecular complexity index is 545. The Balaban J connectivity index is 1.69. The fraction of sp³-hybridized carbons (Fsp3) is 0.333. The number of nitrogens with zero attached hydrogens (tertiary/aromatic N) is 1. The van der Waals surface area contributed by atoms with Crippen molar-refractivity contribution in [1.82, 2.24) is 4.90 Å². The second kappa shape index (κ2) is 5.78. The van der Waals surface area contributed by atoms with Gasteiger partial charge in [0.2, 0.25) is 0 Å². The summed E-state index contributed by atoms with van der Waals surface area (Å²) in [5.74, 6) is 0. The molecule has 0 amide bonds. The van der Waals surface area contributed by atoms with E-state index in [2.05, 4.69) is 36.2 Å². The lowest BCUT2D eigenvalue weighted by atomic mass is 10.0. The van der Waals surface area contributed by atoms with Crippen molar-refractivity contribution in [2.45, 2.75) is 25.0 Å². The summed E-state index contributed by atoms with van der Waals surface area (Å²) in [6, 6.07) is 19.3. The number of likely N-dealkylation sites (N-methyl/N-ethyl adjacent to an activating group) is 1. The number of hydrogen-bond acceptors (Lipinski definition) is 2. The third-order valence-corrected chi connectivity index (χ3v) is 4.03. The third kappa shape index (κ3) is 3.09. The van der Waals surface area contributed by atoms with Gasteiger partial charge in [-0.05, 0) is 36.6 Å². The zero-order valence-corrected chi connectivity index (χ0v) is 11.9. The average molecular weight is 267 g/mol. The molecule has 20 heavy (non-hydrogen) atoms. The van der Waals surface area contributed by atoms with Crippen LogP contribution in [0.25, 0.3) is 11.1 Å². The van der Waals surface area contributed by atoms with E-state index in [1.54, 1.807) is 0 Å². The van der Waals surface area contributed by atoms with Gasteiger partial charge in [0.15, 0.2) is 0 Å². The Kier molecular flexibility index (Phi) is 3.86. The van der Waals surface area contributed by atoms with Crippen LogP contribution in [-0.4, -0.2) is 29.6 Å². The molecule has 0 heterocycles. The number of benzene rings is 2. The summed E-state index contributed by atoms with van der Waals surface area (Å²) >= 11 is 0. The minimum atomic E-state index is -0.398. The van der Waals surface area contributed by atoms with E-state index in [-0.39, 0.29) is 0 Å². The zero-order chi connectivity index (χ0) is 13.9. The highest BCUT2D eigenvalue weighted by atomic mass is 16.3. The molecule has 3 rings (SSSR count). The van der Waals surface area contributed by atoms with Gasteiger partial charge in [-0.2, -0.15) is 0 Å². The second-order valence-electron chi connectivity index (χ2n) is 5.67. The van der Waals surface area contributed by atoms with E-state index in [4.69, 9.17) is 0 Å². The molecule has 0 bridgehead atoms. The maximum Gasteiger partial charge on any atom is 0.0916 e. The van der Waals surface area contributed by atoms with Crippen LogP contribution in [0, 0.1) is 0 Å². The molecule has 0 aliphatic heterocycles. The first-order chi connectivity index (χ1) is 9.74. The molecule has 0 spiro atoms. The molecule has 1 unspecified atom stereocenters. The van der Waals surface area contributed by atoms with Gasteiger partial charge in [0.25, 0.3) is 0 Å². The van der Waals surface area contributed by atoms with Gasteiger partial charge in [-0.15, -0.1) is 0 Å². The SMILES string of the molecule is CN(CC(O)c1ccc(-c2ccccc2)cc1)C1CC1. The first-order valence-electron chi connectivity index (χ1n) is 7.28. The highest BCUT2D eigenvalue weighted by Crippen LogP contribution is 2.28. The van der Waals surface area contributed by atoms with Gasteiger partial charge in [0.05, 0.1) is 6.10 Å². The average Bonchev–Trinajstić information content (AvgIpc) is 3.33. The van der Waals surface area contributed by atoms with Crippen molar-refractivity contribution in [3.63, 3.8) is 0 Å². The largest absolute Gasteiger partial charge is 0.387 e. The number of aliphatic hydroxyl groups excluding tert-OH is 1. The maximum atomic E-state index is 10.3. The lowest BCUT2D eigenvalue weighted by molar-refractivity contribution is 0.123. The molecule has 2 aromatic carbocycles. The van der Waals surface area contributed by atoms with Crippen LogP contribution in [-0.2, 0) is 0 Å². The second-order valence-corrected chi connectivity index (χ2v) is 5.67. The molecule has 2 aromatic rings. The summed E-state index contributed by atoms with van der Waals surface area (Å²) in [6.45, 7) is 0.718. The standard InChI is InChI=1S/C18H21NO/c1-19(17-11-12-17)13-18(20)16-9-7-15(8-10-16)14-5-3-2-4-6-14/h2-10,17-18,20H,11-13H2,1H3. The molecule has 1 atom stereocenters. The van der Waals surface area contributed by atoms with Crippen molar-refractivity contribution in [1.29, 1.82) is 0 Å². The highest BCUT2D eigenvalue weighted by molar-refractivity contribution is 5.63. The Hall–Kier alpha value is -1.64. The van der Waals surface area contributed by atoms with Gasteiger partial charge in [-0.1, -0.05) is 54.6 Å². The first-order valence-corrected chi connectivity index (χ1v) is 7.28. The van der Waals surface area contributed by atoms with Gasteiger partial charge >= 0.3 is 0 Å². The van der Waals surface area contributed by atoms with E-state index in [1.807, 2.05) is 30.3 Å². The van der Waals surface area contributed by atoms with Crippen molar-refractivity contribution >= 4 is 0 Å². The predicted octanol–water partition coefficient (Wildman–Crippen LogP) is 3.48. The third-order valence-electron chi connectivity index (χ3n) is 4.03. The topological polar surface area (TPSA) is 23.5 Å². The van der Waals surface area contributed by atoms with Crippen LogP contribution in [0.15, 0.2) is 54.6 Å². The lowest BCUT2D eigenvalue weighted by Gasteiger charge is -2.20. The number of aliphatic hydroxyl groups is 1. The Morgan fingerprint density at radius 3 is 2.20 bits per heavy atom. The predicted molar refractivity (Wildman–Crippen MR) is 82.5 cm³/mol. The maximum absolute atomic E-state index is 10.3. The van der Waals surface area contributed by atoms with Crippen LogP contribution in [0.1, 0.15) is 24.5 Å². The van der Waals surface area contributed by atoms with Gasteiger partial charge in [0, 0.05) is 12.6 Å². The monoisotopic (exact) mass is 267 g/mol. The van der Waals surface area contributed by atoms with Crippen molar-refractivity contribution < 1.29 is 5.11 Å². The van der Waals surface area contributed by atoms with E-state index in [0.717, 1.165) is 12.1 Å². The van der Waals surface area contributed by atoms with Gasteiger partial charge < -0.3 is 10.0 Å². The molecule has 2 heteroatoms. The summed E-state index contributed by atoms with van der Waals surface area (Å²) in [7, 11) is 2.10. The van der Waals surface area contributed by atoms with Crippen LogP contribution in [0.2, 0.25) is 0 Å². The molecule has 104 valence electrons. The number of hydrogen-bond donors (Lipinski definition) is 1. The smallest absolute Gasteiger partial charge is 0.0916 e. The molecule has 1 aliphatic carbocycles. The van der Waals surface area contributed by atoms with Crippen LogP contribution in [0.4, 0.5) is 0 Å². The minimum Gasteiger partial charge on any atom is -0.387 e. The molecule has 1 N–H and O–H groups in total. The lowest BCUT2D eigenvalue weighted by Crippen LogP contribution is -2.26.